The van der Waals surface area contributed by atoms with Crippen molar-refractivity contribution in [3.05, 3.63) is 65.7 Å². The number of benzene rings is 2. The van der Waals surface area contributed by atoms with Crippen molar-refractivity contribution in [1.82, 2.24) is 5.32 Å². The van der Waals surface area contributed by atoms with Gasteiger partial charge in [0, 0.05) is 0 Å². The molecule has 1 atom stereocenters. The molecular weight excluding hydrogens is 360 g/mol. The first-order valence-corrected chi connectivity index (χ1v) is 10.8. The van der Waals surface area contributed by atoms with Crippen LogP contribution in [0.25, 0.3) is 0 Å². The van der Waals surface area contributed by atoms with Crippen molar-refractivity contribution in [3.8, 4) is 0 Å². The molecule has 2 rings (SSSR count). The molecule has 0 radical (unpaired) electrons. The van der Waals surface area contributed by atoms with E-state index in [2.05, 4.69) is 26.1 Å². The molecule has 27 heavy (non-hydrogen) atoms. The summed E-state index contributed by atoms with van der Waals surface area (Å²) in [5.41, 5.74) is 2.51. The van der Waals surface area contributed by atoms with E-state index in [-0.39, 0.29) is 23.9 Å². The second kappa shape index (κ2) is 8.13. The van der Waals surface area contributed by atoms with Crippen LogP contribution >= 0.6 is 0 Å². The number of anilines is 1. The van der Waals surface area contributed by atoms with Crippen LogP contribution in [-0.2, 0) is 20.2 Å². The van der Waals surface area contributed by atoms with E-state index in [1.54, 1.807) is 12.1 Å². The summed E-state index contributed by atoms with van der Waals surface area (Å²) in [4.78, 5) is 12.5. The Morgan fingerprint density at radius 1 is 1.04 bits per heavy atom. The summed E-state index contributed by atoms with van der Waals surface area (Å²) < 4.78 is 25.6. The Kier molecular flexibility index (Phi) is 6.31. The standard InChI is InChI=1S/C21H28N2O3S/c1-16(17-9-7-6-8-10-17)22-20(24)15-23(27(5,25)26)19-13-11-18(12-14-19)21(2,3)4/h6-14,16H,15H2,1-5H3,(H,22,24)/t16-/m1/s1. The third-order valence-corrected chi connectivity index (χ3v) is 5.53. The lowest BCUT2D eigenvalue weighted by Gasteiger charge is -2.25. The van der Waals surface area contributed by atoms with Gasteiger partial charge in [0.2, 0.25) is 15.9 Å². The lowest BCUT2D eigenvalue weighted by atomic mass is 9.87. The average Bonchev–Trinajstić information content (AvgIpc) is 2.59. The third-order valence-electron chi connectivity index (χ3n) is 4.39. The van der Waals surface area contributed by atoms with Gasteiger partial charge < -0.3 is 5.32 Å². The van der Waals surface area contributed by atoms with Crippen LogP contribution in [0.3, 0.4) is 0 Å². The molecule has 0 heterocycles. The van der Waals surface area contributed by atoms with Gasteiger partial charge in [-0.1, -0.05) is 63.2 Å². The van der Waals surface area contributed by atoms with Crippen LogP contribution in [0.2, 0.25) is 0 Å². The topological polar surface area (TPSA) is 66.5 Å². The second-order valence-electron chi connectivity index (χ2n) is 7.77. The predicted octanol–water partition coefficient (Wildman–Crippen LogP) is 3.63. The van der Waals surface area contributed by atoms with Gasteiger partial charge in [0.15, 0.2) is 0 Å². The molecule has 0 aromatic heterocycles. The van der Waals surface area contributed by atoms with Gasteiger partial charge in [0.1, 0.15) is 6.54 Å². The van der Waals surface area contributed by atoms with Crippen LogP contribution in [0.4, 0.5) is 5.69 Å². The molecule has 0 bridgehead atoms. The summed E-state index contributed by atoms with van der Waals surface area (Å²) in [6.45, 7) is 7.89. The van der Waals surface area contributed by atoms with E-state index in [0.717, 1.165) is 21.7 Å². The number of sulfonamides is 1. The lowest BCUT2D eigenvalue weighted by molar-refractivity contribution is -0.120. The SMILES string of the molecule is C[C@@H](NC(=O)CN(c1ccc(C(C)(C)C)cc1)S(C)(=O)=O)c1ccccc1. The van der Waals surface area contributed by atoms with Crippen LogP contribution < -0.4 is 9.62 Å². The monoisotopic (exact) mass is 388 g/mol. The summed E-state index contributed by atoms with van der Waals surface area (Å²) >= 11 is 0. The first kappa shape index (κ1) is 21.0. The third kappa shape index (κ3) is 5.82. The molecular formula is C21H28N2O3S. The van der Waals surface area contributed by atoms with E-state index in [0.29, 0.717) is 5.69 Å². The van der Waals surface area contributed by atoms with E-state index in [4.69, 9.17) is 0 Å². The molecule has 0 unspecified atom stereocenters. The molecule has 1 amide bonds. The summed E-state index contributed by atoms with van der Waals surface area (Å²) in [6.07, 6.45) is 1.11. The fraction of sp³-hybridized carbons (Fsp3) is 0.381. The van der Waals surface area contributed by atoms with Gasteiger partial charge in [0.25, 0.3) is 0 Å². The highest BCUT2D eigenvalue weighted by Crippen LogP contribution is 2.26. The Bertz CT molecular complexity index is 870. The number of hydrogen-bond acceptors (Lipinski definition) is 3. The van der Waals surface area contributed by atoms with Crippen LogP contribution in [0.5, 0.6) is 0 Å². The molecule has 0 aliphatic rings. The minimum absolute atomic E-state index is 0.0308. The summed E-state index contributed by atoms with van der Waals surface area (Å²) in [7, 11) is -3.59. The van der Waals surface area contributed by atoms with Crippen LogP contribution in [0, 0.1) is 0 Å². The quantitative estimate of drug-likeness (QED) is 0.822. The number of nitrogens with zero attached hydrogens (tertiary/aromatic N) is 1. The Morgan fingerprint density at radius 3 is 2.07 bits per heavy atom. The fourth-order valence-corrected chi connectivity index (χ4v) is 3.63. The second-order valence-corrected chi connectivity index (χ2v) is 9.67. The van der Waals surface area contributed by atoms with Gasteiger partial charge in [-0.25, -0.2) is 8.42 Å². The number of hydrogen-bond donors (Lipinski definition) is 1. The van der Waals surface area contributed by atoms with Gasteiger partial charge >= 0.3 is 0 Å². The van der Waals surface area contributed by atoms with E-state index in [9.17, 15) is 13.2 Å². The molecule has 0 aliphatic carbocycles. The minimum atomic E-state index is -3.59. The fourth-order valence-electron chi connectivity index (χ4n) is 2.77. The van der Waals surface area contributed by atoms with Crippen molar-refractivity contribution in [3.63, 3.8) is 0 Å². The first-order chi connectivity index (χ1) is 12.5. The van der Waals surface area contributed by atoms with Crippen molar-refractivity contribution in [1.29, 1.82) is 0 Å². The highest BCUT2D eigenvalue weighted by molar-refractivity contribution is 7.92. The Balaban J connectivity index is 2.16. The molecule has 1 N–H and O–H groups in total. The summed E-state index contributed by atoms with van der Waals surface area (Å²) in [6, 6.07) is 16.6. The number of carbonyl (C=O) groups excluding carboxylic acids is 1. The average molecular weight is 389 g/mol. The number of carbonyl (C=O) groups is 1. The Hall–Kier alpha value is -2.34. The first-order valence-electron chi connectivity index (χ1n) is 8.91. The zero-order valence-electron chi connectivity index (χ0n) is 16.6. The molecule has 2 aromatic carbocycles. The Morgan fingerprint density at radius 2 is 1.59 bits per heavy atom. The highest BCUT2D eigenvalue weighted by Gasteiger charge is 2.22. The molecule has 0 aliphatic heterocycles. The lowest BCUT2D eigenvalue weighted by Crippen LogP contribution is -2.41. The largest absolute Gasteiger partial charge is 0.348 e. The summed E-state index contributed by atoms with van der Waals surface area (Å²) in [5.74, 6) is -0.350. The molecule has 0 saturated carbocycles. The van der Waals surface area contributed by atoms with E-state index in [1.165, 1.54) is 0 Å². The molecule has 0 fully saturated rings. The zero-order valence-corrected chi connectivity index (χ0v) is 17.4. The number of nitrogens with one attached hydrogen (secondary N) is 1. The molecule has 5 nitrogen and oxygen atoms in total. The van der Waals surface area contributed by atoms with Gasteiger partial charge in [0.05, 0.1) is 18.0 Å². The molecule has 146 valence electrons. The number of rotatable bonds is 6. The van der Waals surface area contributed by atoms with Crippen molar-refractivity contribution in [2.75, 3.05) is 17.1 Å². The smallest absolute Gasteiger partial charge is 0.241 e. The van der Waals surface area contributed by atoms with E-state index in [1.807, 2.05) is 49.4 Å². The normalized spacial score (nSPS) is 13.1. The highest BCUT2D eigenvalue weighted by atomic mass is 32.2. The molecule has 0 spiro atoms. The van der Waals surface area contributed by atoms with Gasteiger partial charge in [-0.3, -0.25) is 9.10 Å². The Labute approximate surface area is 162 Å². The molecule has 2 aromatic rings. The predicted molar refractivity (Wildman–Crippen MR) is 110 cm³/mol. The maximum atomic E-state index is 12.5. The summed E-state index contributed by atoms with van der Waals surface area (Å²) in [5, 5.41) is 2.86. The van der Waals surface area contributed by atoms with Crippen molar-refractivity contribution in [2.45, 2.75) is 39.2 Å². The maximum Gasteiger partial charge on any atom is 0.241 e. The van der Waals surface area contributed by atoms with E-state index < -0.39 is 10.0 Å². The molecule has 6 heteroatoms. The zero-order chi connectivity index (χ0) is 20.2. The van der Waals surface area contributed by atoms with Gasteiger partial charge in [-0.2, -0.15) is 0 Å². The van der Waals surface area contributed by atoms with Crippen LogP contribution in [0.15, 0.2) is 54.6 Å². The van der Waals surface area contributed by atoms with Crippen LogP contribution in [0.1, 0.15) is 44.9 Å². The van der Waals surface area contributed by atoms with Crippen LogP contribution in [-0.4, -0.2) is 27.1 Å². The van der Waals surface area contributed by atoms with Crippen molar-refractivity contribution >= 4 is 21.6 Å². The van der Waals surface area contributed by atoms with E-state index >= 15 is 0 Å². The van der Waals surface area contributed by atoms with Crippen molar-refractivity contribution in [2.24, 2.45) is 0 Å². The van der Waals surface area contributed by atoms with Gasteiger partial charge in [-0.15, -0.1) is 0 Å². The maximum absolute atomic E-state index is 12.5. The van der Waals surface area contributed by atoms with Crippen molar-refractivity contribution < 1.29 is 13.2 Å². The molecule has 0 saturated heterocycles. The number of amides is 1. The van der Waals surface area contributed by atoms with Gasteiger partial charge in [-0.05, 0) is 35.6 Å². The minimum Gasteiger partial charge on any atom is -0.348 e.